The molecule has 0 amide bonds. The van der Waals surface area contributed by atoms with Crippen LogP contribution in [0.1, 0.15) is 61.2 Å². The average molecular weight is 1100 g/mol. The zero-order valence-corrected chi connectivity index (χ0v) is 48.0. The minimum absolute atomic E-state index is 0.0500. The topological polar surface area (TPSA) is 57.4 Å². The Bertz CT molecular complexity index is 4790. The lowest BCUT2D eigenvalue weighted by Gasteiger charge is -2.21. The third kappa shape index (κ3) is 9.10. The van der Waals surface area contributed by atoms with E-state index in [1.54, 1.807) is 6.07 Å². The summed E-state index contributed by atoms with van der Waals surface area (Å²) in [4.78, 5) is 0. The number of hydrogen-bond acceptors (Lipinski definition) is 2. The van der Waals surface area contributed by atoms with E-state index in [0.717, 1.165) is 122 Å². The molecule has 84 heavy (non-hydrogen) atoms. The van der Waals surface area contributed by atoms with E-state index in [-0.39, 0.29) is 11.1 Å². The molecule has 0 atom stereocenters. The van der Waals surface area contributed by atoms with E-state index < -0.39 is 11.7 Å². The lowest BCUT2D eigenvalue weighted by atomic mass is 9.93. The van der Waals surface area contributed by atoms with Crippen LogP contribution in [0.5, 0.6) is 0 Å². The summed E-state index contributed by atoms with van der Waals surface area (Å²) >= 11 is 0. The Balaban J connectivity index is 1.13. The number of hydrogen-bond donors (Lipinski definition) is 0. The van der Waals surface area contributed by atoms with Gasteiger partial charge in [-0.15, -0.1) is 0 Å². The standard InChI is InChI=1S/C77H57F3N4/c1-44-9-20-59(48(5)31-44)54-16-27-71-66(37-54)67-38-55(60-21-10-45(2)32-49(60)6)17-28-72(67)83(71)75-36-53(43-82)14-25-64(75)65-26-15-58(63-24-13-52(42-81)35-70(63)77(78,79)80)41-76(65)84-73-29-18-56(61-22-11-46(3)33-50(61)7)39-68(73)69-40-57(19-30-74(69)84)62-23-12-47(4)34-51(62)8/h9-41H,1-8H3. The molecule has 2 aromatic heterocycles. The predicted molar refractivity (Wildman–Crippen MR) is 340 cm³/mol. The molecule has 7 heteroatoms. The molecule has 4 nitrogen and oxygen atoms in total. The van der Waals surface area contributed by atoms with Crippen LogP contribution < -0.4 is 0 Å². The molecule has 2 heterocycles. The van der Waals surface area contributed by atoms with Crippen LogP contribution in [-0.2, 0) is 6.18 Å². The van der Waals surface area contributed by atoms with Crippen molar-refractivity contribution in [2.24, 2.45) is 0 Å². The Hall–Kier alpha value is -10.2. The Kier molecular flexibility index (Phi) is 12.9. The van der Waals surface area contributed by atoms with E-state index >= 15 is 13.2 Å². The lowest BCUT2D eigenvalue weighted by Crippen LogP contribution is -2.08. The molecule has 13 rings (SSSR count). The van der Waals surface area contributed by atoms with Crippen LogP contribution in [0.25, 0.3) is 122 Å². The van der Waals surface area contributed by atoms with Crippen molar-refractivity contribution in [2.75, 3.05) is 0 Å². The van der Waals surface area contributed by atoms with Crippen LogP contribution in [-0.4, -0.2) is 9.13 Å². The van der Waals surface area contributed by atoms with E-state index in [1.807, 2.05) is 36.4 Å². The molecule has 0 radical (unpaired) electrons. The van der Waals surface area contributed by atoms with Crippen molar-refractivity contribution < 1.29 is 13.2 Å². The SMILES string of the molecule is Cc1ccc(-c2ccc3c(c2)c2cc(-c4ccc(C)cc4C)ccc2n3-c2cc(C#N)ccc2-c2ccc(-c3ccc(C#N)cc3C(F)(F)F)cc2-n2c3ccc(-c4ccc(C)cc4C)cc3c3cc(-c4ccc(C)cc4C)ccc32)c(C)c1. The highest BCUT2D eigenvalue weighted by molar-refractivity contribution is 6.14. The summed E-state index contributed by atoms with van der Waals surface area (Å²) in [5.74, 6) is 0. The molecule has 0 spiro atoms. The molecule has 13 aromatic rings. The second kappa shape index (κ2) is 20.3. The molecule has 0 saturated carbocycles. The first-order valence-electron chi connectivity index (χ1n) is 28.2. The Labute approximate surface area is 487 Å². The average Bonchev–Trinajstić information content (AvgIpc) is 1.73. The summed E-state index contributed by atoms with van der Waals surface area (Å²) in [7, 11) is 0. The summed E-state index contributed by atoms with van der Waals surface area (Å²) in [6.07, 6.45) is -4.77. The van der Waals surface area contributed by atoms with Gasteiger partial charge in [-0.25, -0.2) is 0 Å². The molecule has 0 unspecified atom stereocenters. The number of rotatable bonds is 8. The second-order valence-corrected chi connectivity index (χ2v) is 22.8. The fourth-order valence-corrected chi connectivity index (χ4v) is 13.0. The van der Waals surface area contributed by atoms with Crippen LogP contribution in [0, 0.1) is 78.1 Å². The maximum absolute atomic E-state index is 15.3. The third-order valence-corrected chi connectivity index (χ3v) is 17.0. The fourth-order valence-electron chi connectivity index (χ4n) is 13.0. The van der Waals surface area contributed by atoms with Gasteiger partial charge in [0.2, 0.25) is 0 Å². The van der Waals surface area contributed by atoms with Gasteiger partial charge in [-0.2, -0.15) is 23.7 Å². The van der Waals surface area contributed by atoms with Crippen molar-refractivity contribution >= 4 is 43.6 Å². The highest BCUT2D eigenvalue weighted by atomic mass is 19.4. The van der Waals surface area contributed by atoms with Crippen LogP contribution in [0.2, 0.25) is 0 Å². The molecule has 0 aliphatic carbocycles. The van der Waals surface area contributed by atoms with Gasteiger partial charge >= 0.3 is 6.18 Å². The quantitative estimate of drug-likeness (QED) is 0.152. The third-order valence-electron chi connectivity index (χ3n) is 17.0. The zero-order valence-electron chi connectivity index (χ0n) is 48.0. The van der Waals surface area contributed by atoms with Crippen LogP contribution >= 0.6 is 0 Å². The van der Waals surface area contributed by atoms with Gasteiger partial charge in [-0.3, -0.25) is 0 Å². The molecule has 0 aliphatic rings. The Morgan fingerprint density at radius 1 is 0.298 bits per heavy atom. The summed E-state index contributed by atoms with van der Waals surface area (Å²) in [5, 5.41) is 24.7. The maximum Gasteiger partial charge on any atom is 0.417 e. The van der Waals surface area contributed by atoms with Crippen molar-refractivity contribution in [1.82, 2.24) is 9.13 Å². The number of nitriles is 2. The molecule has 0 saturated heterocycles. The Morgan fingerprint density at radius 2 is 0.583 bits per heavy atom. The van der Waals surface area contributed by atoms with Gasteiger partial charge in [0.05, 0.1) is 62.3 Å². The van der Waals surface area contributed by atoms with E-state index in [4.69, 9.17) is 0 Å². The highest BCUT2D eigenvalue weighted by Gasteiger charge is 2.35. The molecule has 0 N–H and O–H groups in total. The van der Waals surface area contributed by atoms with Gasteiger partial charge in [0.15, 0.2) is 0 Å². The number of halogens is 3. The van der Waals surface area contributed by atoms with Gasteiger partial charge in [0, 0.05) is 32.7 Å². The van der Waals surface area contributed by atoms with Gasteiger partial charge in [0.25, 0.3) is 0 Å². The smallest absolute Gasteiger partial charge is 0.309 e. The molecule has 0 bridgehead atoms. The van der Waals surface area contributed by atoms with E-state index in [9.17, 15) is 10.5 Å². The summed E-state index contributed by atoms with van der Waals surface area (Å²) < 4.78 is 50.5. The largest absolute Gasteiger partial charge is 0.417 e. The van der Waals surface area contributed by atoms with Crippen molar-refractivity contribution in [3.63, 3.8) is 0 Å². The minimum Gasteiger partial charge on any atom is -0.309 e. The van der Waals surface area contributed by atoms with Gasteiger partial charge < -0.3 is 9.13 Å². The lowest BCUT2D eigenvalue weighted by molar-refractivity contribution is -0.137. The maximum atomic E-state index is 15.3. The first-order chi connectivity index (χ1) is 40.4. The number of fused-ring (bicyclic) bond motifs is 6. The molecule has 0 fully saturated rings. The number of aromatic nitrogens is 2. The van der Waals surface area contributed by atoms with E-state index in [2.05, 4.69) is 216 Å². The summed E-state index contributed by atoms with van der Waals surface area (Å²) in [6, 6.07) is 71.7. The number of nitrogens with zero attached hydrogens (tertiary/aromatic N) is 4. The van der Waals surface area contributed by atoms with Gasteiger partial charge in [0.1, 0.15) is 0 Å². The predicted octanol–water partition coefficient (Wildman–Crippen LogP) is 21.1. The van der Waals surface area contributed by atoms with Crippen molar-refractivity contribution in [3.8, 4) is 90.3 Å². The molecule has 406 valence electrons. The molecule has 0 aliphatic heterocycles. The molecular formula is C77H57F3N4. The van der Waals surface area contributed by atoms with Crippen molar-refractivity contribution in [2.45, 2.75) is 61.6 Å². The molecule has 11 aromatic carbocycles. The Morgan fingerprint density at radius 3 is 0.917 bits per heavy atom. The van der Waals surface area contributed by atoms with Crippen molar-refractivity contribution in [3.05, 3.63) is 261 Å². The first-order valence-corrected chi connectivity index (χ1v) is 28.2. The highest BCUT2D eigenvalue weighted by Crippen LogP contribution is 2.47. The second-order valence-electron chi connectivity index (χ2n) is 22.8. The minimum atomic E-state index is -4.77. The van der Waals surface area contributed by atoms with E-state index in [1.165, 1.54) is 45.5 Å². The first kappa shape index (κ1) is 53.1. The number of alkyl halides is 3. The monoisotopic (exact) mass is 1090 g/mol. The van der Waals surface area contributed by atoms with Gasteiger partial charge in [-0.05, 0) is 212 Å². The fraction of sp³-hybridized carbons (Fsp3) is 0.117. The zero-order chi connectivity index (χ0) is 58.5. The molecular weight excluding hydrogens is 1040 g/mol. The van der Waals surface area contributed by atoms with Crippen LogP contribution in [0.3, 0.4) is 0 Å². The van der Waals surface area contributed by atoms with Gasteiger partial charge in [-0.1, -0.05) is 144 Å². The van der Waals surface area contributed by atoms with E-state index in [0.29, 0.717) is 16.8 Å². The van der Waals surface area contributed by atoms with Crippen LogP contribution in [0.4, 0.5) is 13.2 Å². The summed E-state index contributed by atoms with van der Waals surface area (Å²) in [6.45, 7) is 16.9. The number of aryl methyl sites for hydroxylation is 8. The van der Waals surface area contributed by atoms with Crippen LogP contribution in [0.15, 0.2) is 200 Å². The number of benzene rings is 11. The summed E-state index contributed by atoms with van der Waals surface area (Å²) in [5.41, 5.74) is 24.2. The van der Waals surface area contributed by atoms with Crippen molar-refractivity contribution in [1.29, 1.82) is 10.5 Å². The normalized spacial score (nSPS) is 11.7.